The first-order valence-electron chi connectivity index (χ1n) is 10.5. The van der Waals surface area contributed by atoms with Crippen LogP contribution < -0.4 is 29.6 Å². The maximum atomic E-state index is 12.1. The number of unbranched alkanes of at least 4 members (excludes halogenated alkanes) is 2. The van der Waals surface area contributed by atoms with E-state index in [4.69, 9.17) is 9.47 Å². The molecule has 0 saturated carbocycles. The summed E-state index contributed by atoms with van der Waals surface area (Å²) < 4.78 is 44.6. The van der Waals surface area contributed by atoms with Gasteiger partial charge in [-0.3, -0.25) is 9.59 Å². The number of esters is 2. The summed E-state index contributed by atoms with van der Waals surface area (Å²) in [6.07, 6.45) is 6.58. The minimum atomic E-state index is -5.01. The van der Waals surface area contributed by atoms with Crippen molar-refractivity contribution in [3.05, 3.63) is 0 Å². The molecule has 0 fully saturated rings. The quantitative estimate of drug-likeness (QED) is 0.184. The Kier molecular flexibility index (Phi) is 23.0. The minimum absolute atomic E-state index is 0. The molecule has 7 nitrogen and oxygen atoms in total. The van der Waals surface area contributed by atoms with Gasteiger partial charge in [0.15, 0.2) is 5.25 Å². The fraction of sp³-hybridized carbons (Fsp3) is 0.900. The predicted octanol–water partition coefficient (Wildman–Crippen LogP) is 0.926. The Balaban J connectivity index is -0.00000364. The number of hydrogen-bond donors (Lipinski definition) is 0. The van der Waals surface area contributed by atoms with E-state index in [-0.39, 0.29) is 68.1 Å². The summed E-state index contributed by atoms with van der Waals surface area (Å²) in [4.78, 5) is 24.1. The first kappa shape index (κ1) is 34.8. The second kappa shape index (κ2) is 19.9. The number of ether oxygens (including phenoxy) is 2. The maximum Gasteiger partial charge on any atom is 1.00 e. The molecule has 0 heterocycles. The van der Waals surface area contributed by atoms with Crippen LogP contribution in [0.4, 0.5) is 0 Å². The van der Waals surface area contributed by atoms with Gasteiger partial charge in [0.25, 0.3) is 0 Å². The third kappa shape index (κ3) is 15.9. The number of hydrogen-bond acceptors (Lipinski definition) is 7. The van der Waals surface area contributed by atoms with Gasteiger partial charge in [-0.1, -0.05) is 66.2 Å². The molecule has 3 unspecified atom stereocenters. The molecule has 0 saturated heterocycles. The van der Waals surface area contributed by atoms with Crippen molar-refractivity contribution in [2.75, 3.05) is 13.2 Å². The molecule has 0 aromatic carbocycles. The molecule has 30 heavy (non-hydrogen) atoms. The van der Waals surface area contributed by atoms with E-state index in [1.807, 2.05) is 13.8 Å². The summed E-state index contributed by atoms with van der Waals surface area (Å²) in [5, 5.41) is -2.06. The van der Waals surface area contributed by atoms with Crippen LogP contribution in [0, 0.1) is 11.8 Å². The molecule has 3 atom stereocenters. The summed E-state index contributed by atoms with van der Waals surface area (Å²) in [5.41, 5.74) is 0. The van der Waals surface area contributed by atoms with E-state index < -0.39 is 33.7 Å². The molecule has 0 amide bonds. The smallest absolute Gasteiger partial charge is 0.747 e. The predicted molar refractivity (Wildman–Crippen MR) is 117 cm³/mol. The average Bonchev–Trinajstić information content (AvgIpc) is 2.65. The normalized spacial score (nSPS) is 13.9. The van der Waals surface area contributed by atoms with E-state index in [9.17, 15) is 22.6 Å². The van der Waals surface area contributed by atoms with Crippen molar-refractivity contribution in [2.45, 2.75) is 90.7 Å². The van der Waals surface area contributed by atoms with Crippen LogP contribution in [-0.4, -0.2) is 43.4 Å². The Morgan fingerprint density at radius 1 is 0.867 bits per heavy atom. The average molecular weight is 479 g/mol. The Bertz CT molecular complexity index is 555. The summed E-state index contributed by atoms with van der Waals surface area (Å²) in [5.74, 6) is -1.74. The summed E-state index contributed by atoms with van der Waals surface area (Å²) in [6, 6.07) is 0. The van der Waals surface area contributed by atoms with Crippen molar-refractivity contribution in [3.8, 4) is 0 Å². The van der Waals surface area contributed by atoms with E-state index in [1.54, 1.807) is 0 Å². The molecule has 0 N–H and O–H groups in total. The van der Waals surface area contributed by atoms with Gasteiger partial charge in [0, 0.05) is 0 Å². The molecular weight excluding hydrogens is 439 g/mol. The fourth-order valence-corrected chi connectivity index (χ4v) is 3.46. The Hall–Kier alpha value is 0.200. The third-order valence-electron chi connectivity index (χ3n) is 4.99. The van der Waals surface area contributed by atoms with Crippen molar-refractivity contribution < 1.29 is 61.6 Å². The van der Waals surface area contributed by atoms with E-state index in [0.717, 1.165) is 51.4 Å². The molecule has 0 aliphatic heterocycles. The van der Waals surface area contributed by atoms with Crippen LogP contribution in [0.2, 0.25) is 0 Å². The van der Waals surface area contributed by atoms with Gasteiger partial charge in [-0.15, -0.1) is 0 Å². The van der Waals surface area contributed by atoms with Crippen LogP contribution in [0.3, 0.4) is 0 Å². The molecule has 0 spiro atoms. The van der Waals surface area contributed by atoms with Gasteiger partial charge in [0.05, 0.1) is 19.6 Å². The van der Waals surface area contributed by atoms with Gasteiger partial charge in [-0.25, -0.2) is 8.42 Å². The minimum Gasteiger partial charge on any atom is -0.747 e. The SMILES string of the molecule is CCCCC(CC)COC(=O)CC(C(=O)OCC(CC)CCCC)S(=O)(=O)[O-].S.[Na+]. The van der Waals surface area contributed by atoms with Crippen LogP contribution in [-0.2, 0) is 29.2 Å². The van der Waals surface area contributed by atoms with Gasteiger partial charge < -0.3 is 14.0 Å². The third-order valence-corrected chi connectivity index (χ3v) is 6.05. The zero-order valence-corrected chi connectivity index (χ0v) is 23.1. The molecule has 0 aromatic rings. The van der Waals surface area contributed by atoms with E-state index >= 15 is 0 Å². The molecule has 0 bridgehead atoms. The van der Waals surface area contributed by atoms with E-state index in [0.29, 0.717) is 0 Å². The summed E-state index contributed by atoms with van der Waals surface area (Å²) >= 11 is 0. The van der Waals surface area contributed by atoms with Crippen LogP contribution >= 0.6 is 13.5 Å². The van der Waals surface area contributed by atoms with E-state index in [1.165, 1.54) is 0 Å². The molecule has 0 rings (SSSR count). The number of carbonyl (C=O) groups excluding carboxylic acids is 2. The maximum absolute atomic E-state index is 12.1. The molecule has 0 aliphatic carbocycles. The number of carbonyl (C=O) groups is 2. The summed E-state index contributed by atoms with van der Waals surface area (Å²) in [7, 11) is -5.01. The zero-order valence-electron chi connectivity index (χ0n) is 19.3. The Labute approximate surface area is 211 Å². The molecule has 0 aromatic heterocycles. The van der Waals surface area contributed by atoms with Crippen molar-refractivity contribution >= 4 is 35.6 Å². The zero-order chi connectivity index (χ0) is 21.6. The van der Waals surface area contributed by atoms with E-state index in [2.05, 4.69) is 13.8 Å². The monoisotopic (exact) mass is 478 g/mol. The molecular formula is C20H39NaO7S2. The van der Waals surface area contributed by atoms with Crippen molar-refractivity contribution in [1.82, 2.24) is 0 Å². The second-order valence-corrected chi connectivity index (χ2v) is 8.89. The molecule has 0 aliphatic rings. The Morgan fingerprint density at radius 3 is 1.67 bits per heavy atom. The fourth-order valence-electron chi connectivity index (χ4n) is 2.81. The molecule has 174 valence electrons. The summed E-state index contributed by atoms with van der Waals surface area (Å²) in [6.45, 7) is 8.26. The van der Waals surface area contributed by atoms with Crippen molar-refractivity contribution in [2.24, 2.45) is 11.8 Å². The standard InChI is InChI=1S/C20H38O7S.Na.H2S/c1-5-9-11-16(7-3)14-26-19(21)13-18(28(23,24)25)20(22)27-15-17(8-4)12-10-6-2;;/h16-18H,5-15H2,1-4H3,(H,23,24,25);;1H2/q;+1;/p-1. The molecule has 0 radical (unpaired) electrons. The van der Waals surface area contributed by atoms with Crippen LogP contribution in [0.1, 0.15) is 85.5 Å². The van der Waals surface area contributed by atoms with Crippen LogP contribution in [0.15, 0.2) is 0 Å². The molecule has 10 heteroatoms. The topological polar surface area (TPSA) is 110 Å². The van der Waals surface area contributed by atoms with Gasteiger partial charge in [-0.2, -0.15) is 13.5 Å². The first-order valence-corrected chi connectivity index (χ1v) is 11.9. The second-order valence-electron chi connectivity index (χ2n) is 7.33. The van der Waals surface area contributed by atoms with Crippen LogP contribution in [0.25, 0.3) is 0 Å². The van der Waals surface area contributed by atoms with Gasteiger partial charge in [0.2, 0.25) is 0 Å². The van der Waals surface area contributed by atoms with Crippen molar-refractivity contribution in [1.29, 1.82) is 0 Å². The van der Waals surface area contributed by atoms with Gasteiger partial charge in [-0.05, 0) is 24.7 Å². The Morgan fingerprint density at radius 2 is 1.30 bits per heavy atom. The van der Waals surface area contributed by atoms with Crippen LogP contribution in [0.5, 0.6) is 0 Å². The largest absolute Gasteiger partial charge is 1.00 e. The van der Waals surface area contributed by atoms with Crippen molar-refractivity contribution in [3.63, 3.8) is 0 Å². The van der Waals surface area contributed by atoms with Gasteiger partial charge in [0.1, 0.15) is 10.1 Å². The van der Waals surface area contributed by atoms with Gasteiger partial charge >= 0.3 is 41.5 Å². The first-order chi connectivity index (χ1) is 13.2. The number of rotatable bonds is 16.